The second-order valence-electron chi connectivity index (χ2n) is 6.02. The Balaban J connectivity index is 2.74. The van der Waals surface area contributed by atoms with E-state index in [1.165, 1.54) is 6.07 Å². The van der Waals surface area contributed by atoms with Gasteiger partial charge in [-0.15, -0.1) is 0 Å². The Morgan fingerprint density at radius 3 is 2.25 bits per heavy atom. The van der Waals surface area contributed by atoms with Gasteiger partial charge in [0.2, 0.25) is 0 Å². The summed E-state index contributed by atoms with van der Waals surface area (Å²) in [5, 5.41) is 3.63. The van der Waals surface area contributed by atoms with Crippen molar-refractivity contribution in [2.45, 2.75) is 33.7 Å². The van der Waals surface area contributed by atoms with Crippen molar-refractivity contribution in [3.05, 3.63) is 34.6 Å². The van der Waals surface area contributed by atoms with Crippen molar-refractivity contribution in [2.75, 3.05) is 13.1 Å². The fourth-order valence-electron chi connectivity index (χ4n) is 2.59. The van der Waals surface area contributed by atoms with Gasteiger partial charge in [0.25, 0.3) is 0 Å². The van der Waals surface area contributed by atoms with Gasteiger partial charge < -0.3 is 11.1 Å². The molecule has 0 heterocycles. The molecule has 1 aromatic carbocycles. The van der Waals surface area contributed by atoms with Gasteiger partial charge in [-0.05, 0) is 42.0 Å². The molecule has 0 aromatic heterocycles. The third-order valence-corrected chi connectivity index (χ3v) is 4.18. The summed E-state index contributed by atoms with van der Waals surface area (Å²) in [5.74, 6) is 1.41. The zero-order valence-electron chi connectivity index (χ0n) is 12.8. The summed E-state index contributed by atoms with van der Waals surface area (Å²) in [6, 6.07) is 4.80. The van der Waals surface area contributed by atoms with Gasteiger partial charge in [0, 0.05) is 12.6 Å². The first-order valence-corrected chi connectivity index (χ1v) is 7.63. The molecule has 1 aromatic rings. The lowest BCUT2D eigenvalue weighted by Crippen LogP contribution is -2.35. The number of hydrogen-bond acceptors (Lipinski definition) is 2. The first-order valence-electron chi connectivity index (χ1n) is 7.25. The largest absolute Gasteiger partial charge is 0.329 e. The third kappa shape index (κ3) is 4.72. The Kier molecular flexibility index (Phi) is 6.93. The summed E-state index contributed by atoms with van der Waals surface area (Å²) >= 11 is 5.83. The minimum atomic E-state index is -0.395. The molecule has 4 heteroatoms. The molecule has 0 aliphatic rings. The maximum Gasteiger partial charge on any atom is 0.141 e. The predicted molar refractivity (Wildman–Crippen MR) is 84.4 cm³/mol. The maximum absolute atomic E-state index is 13.2. The lowest BCUT2D eigenvalue weighted by molar-refractivity contribution is 0.266. The Labute approximate surface area is 126 Å². The van der Waals surface area contributed by atoms with Gasteiger partial charge >= 0.3 is 0 Å². The van der Waals surface area contributed by atoms with E-state index in [4.69, 9.17) is 17.3 Å². The van der Waals surface area contributed by atoms with Crippen LogP contribution in [0.3, 0.4) is 0 Å². The molecule has 1 rings (SSSR count). The Bertz CT molecular complexity index is 413. The topological polar surface area (TPSA) is 38.0 Å². The Morgan fingerprint density at radius 2 is 1.80 bits per heavy atom. The van der Waals surface area contributed by atoms with Crippen LogP contribution in [0.5, 0.6) is 0 Å². The summed E-state index contributed by atoms with van der Waals surface area (Å²) < 4.78 is 13.2. The highest BCUT2D eigenvalue weighted by molar-refractivity contribution is 6.30. The minimum absolute atomic E-state index is 0.00750. The van der Waals surface area contributed by atoms with Gasteiger partial charge in [-0.25, -0.2) is 4.39 Å². The lowest BCUT2D eigenvalue weighted by atomic mass is 9.85. The number of nitrogens with one attached hydrogen (secondary N) is 1. The smallest absolute Gasteiger partial charge is 0.141 e. The van der Waals surface area contributed by atoms with Crippen molar-refractivity contribution in [1.82, 2.24) is 5.32 Å². The molecule has 2 nitrogen and oxygen atoms in total. The van der Waals surface area contributed by atoms with Gasteiger partial charge in [0.1, 0.15) is 5.82 Å². The maximum atomic E-state index is 13.2. The van der Waals surface area contributed by atoms with Crippen LogP contribution >= 0.6 is 11.6 Å². The quantitative estimate of drug-likeness (QED) is 0.799. The molecule has 0 spiro atoms. The molecule has 114 valence electrons. The van der Waals surface area contributed by atoms with Crippen LogP contribution in [0.4, 0.5) is 4.39 Å². The fourth-order valence-corrected chi connectivity index (χ4v) is 2.77. The third-order valence-electron chi connectivity index (χ3n) is 3.89. The summed E-state index contributed by atoms with van der Waals surface area (Å²) in [5.41, 5.74) is 6.77. The van der Waals surface area contributed by atoms with Gasteiger partial charge in [-0.2, -0.15) is 0 Å². The van der Waals surface area contributed by atoms with Crippen LogP contribution in [-0.2, 0) is 0 Å². The summed E-state index contributed by atoms with van der Waals surface area (Å²) in [7, 11) is 0. The molecule has 0 aliphatic carbocycles. The molecule has 0 bridgehead atoms. The molecule has 1 atom stereocenters. The van der Waals surface area contributed by atoms with E-state index in [9.17, 15) is 4.39 Å². The SMILES string of the molecule is CC(C)C(CNC(CN)c1ccc(F)c(Cl)c1)C(C)C. The van der Waals surface area contributed by atoms with Gasteiger partial charge in [-0.3, -0.25) is 0 Å². The van der Waals surface area contributed by atoms with Crippen molar-refractivity contribution in [1.29, 1.82) is 0 Å². The van der Waals surface area contributed by atoms with E-state index >= 15 is 0 Å². The second-order valence-corrected chi connectivity index (χ2v) is 6.43. The number of halogens is 2. The Hall–Kier alpha value is -0.640. The standard InChI is InChI=1S/C16H26ClFN2/c1-10(2)13(11(3)4)9-20-16(8-19)12-5-6-15(18)14(17)7-12/h5-7,10-11,13,16,20H,8-9,19H2,1-4H3. The van der Waals surface area contributed by atoms with Crippen molar-refractivity contribution < 1.29 is 4.39 Å². The summed E-state index contributed by atoms with van der Waals surface area (Å²) in [4.78, 5) is 0. The van der Waals surface area contributed by atoms with Gasteiger partial charge in [-0.1, -0.05) is 45.4 Å². The number of hydrogen-bond donors (Lipinski definition) is 2. The van der Waals surface area contributed by atoms with Crippen molar-refractivity contribution in [3.63, 3.8) is 0 Å². The van der Waals surface area contributed by atoms with Crippen LogP contribution in [-0.4, -0.2) is 13.1 Å². The molecule has 0 saturated heterocycles. The van der Waals surface area contributed by atoms with E-state index in [-0.39, 0.29) is 11.1 Å². The van der Waals surface area contributed by atoms with Gasteiger partial charge in [0.05, 0.1) is 5.02 Å². The van der Waals surface area contributed by atoms with E-state index < -0.39 is 5.82 Å². The van der Waals surface area contributed by atoms with Crippen LogP contribution < -0.4 is 11.1 Å². The summed E-state index contributed by atoms with van der Waals surface area (Å²) in [6.07, 6.45) is 0. The molecule has 1 unspecified atom stereocenters. The van der Waals surface area contributed by atoms with E-state index in [0.29, 0.717) is 24.3 Å². The van der Waals surface area contributed by atoms with E-state index in [0.717, 1.165) is 12.1 Å². The molecular formula is C16H26ClFN2. The monoisotopic (exact) mass is 300 g/mol. The van der Waals surface area contributed by atoms with Crippen molar-refractivity contribution in [3.8, 4) is 0 Å². The zero-order chi connectivity index (χ0) is 15.3. The van der Waals surface area contributed by atoms with E-state index in [2.05, 4.69) is 33.0 Å². The molecule has 0 fully saturated rings. The van der Waals surface area contributed by atoms with E-state index in [1.807, 2.05) is 0 Å². The van der Waals surface area contributed by atoms with Crippen LogP contribution in [0.25, 0.3) is 0 Å². The zero-order valence-corrected chi connectivity index (χ0v) is 13.5. The molecule has 0 amide bonds. The highest BCUT2D eigenvalue weighted by atomic mass is 35.5. The van der Waals surface area contributed by atoms with Crippen LogP contribution in [0.15, 0.2) is 18.2 Å². The number of rotatable bonds is 7. The lowest BCUT2D eigenvalue weighted by Gasteiger charge is -2.28. The molecule has 0 radical (unpaired) electrons. The van der Waals surface area contributed by atoms with Crippen LogP contribution in [0, 0.1) is 23.6 Å². The Morgan fingerprint density at radius 1 is 1.20 bits per heavy atom. The second kappa shape index (κ2) is 7.96. The van der Waals surface area contributed by atoms with Crippen LogP contribution in [0.1, 0.15) is 39.3 Å². The predicted octanol–water partition coefficient (Wildman–Crippen LogP) is 4.00. The van der Waals surface area contributed by atoms with Crippen molar-refractivity contribution >= 4 is 11.6 Å². The van der Waals surface area contributed by atoms with Gasteiger partial charge in [0.15, 0.2) is 0 Å². The average Bonchev–Trinajstić information content (AvgIpc) is 2.37. The molecular weight excluding hydrogens is 275 g/mol. The van der Waals surface area contributed by atoms with Crippen molar-refractivity contribution in [2.24, 2.45) is 23.5 Å². The van der Waals surface area contributed by atoms with E-state index in [1.54, 1.807) is 12.1 Å². The molecule has 3 N–H and O–H groups in total. The minimum Gasteiger partial charge on any atom is -0.329 e. The highest BCUT2D eigenvalue weighted by Crippen LogP contribution is 2.23. The molecule has 20 heavy (non-hydrogen) atoms. The average molecular weight is 301 g/mol. The first kappa shape index (κ1) is 17.4. The number of benzene rings is 1. The molecule has 0 saturated carbocycles. The van der Waals surface area contributed by atoms with Crippen LogP contribution in [0.2, 0.25) is 5.02 Å². The summed E-state index contributed by atoms with van der Waals surface area (Å²) in [6.45, 7) is 10.3. The first-order chi connectivity index (χ1) is 9.36. The molecule has 0 aliphatic heterocycles. The number of nitrogens with two attached hydrogens (primary N) is 1. The fraction of sp³-hybridized carbons (Fsp3) is 0.625. The normalized spacial score (nSPS) is 13.5. The highest BCUT2D eigenvalue weighted by Gasteiger charge is 2.19.